The van der Waals surface area contributed by atoms with E-state index in [4.69, 9.17) is 16.3 Å². The molecule has 2 aromatic carbocycles. The quantitative estimate of drug-likeness (QED) is 0.308. The van der Waals surface area contributed by atoms with Gasteiger partial charge in [0, 0.05) is 27.8 Å². The number of anilines is 1. The summed E-state index contributed by atoms with van der Waals surface area (Å²) < 4.78 is 6.96. The van der Waals surface area contributed by atoms with Crippen molar-refractivity contribution in [3.8, 4) is 11.8 Å². The second-order valence-electron chi connectivity index (χ2n) is 7.06. The van der Waals surface area contributed by atoms with Gasteiger partial charge in [0.2, 0.25) is 0 Å². The maximum atomic E-state index is 12.7. The van der Waals surface area contributed by atoms with Gasteiger partial charge in [-0.15, -0.1) is 0 Å². The van der Waals surface area contributed by atoms with Gasteiger partial charge < -0.3 is 14.6 Å². The van der Waals surface area contributed by atoms with E-state index in [1.165, 1.54) is 0 Å². The first-order valence-electron chi connectivity index (χ1n) is 9.99. The Morgan fingerprint density at radius 3 is 2.50 bits per heavy atom. The Morgan fingerprint density at radius 2 is 1.88 bits per heavy atom. The highest BCUT2D eigenvalue weighted by atomic mass is 35.5. The number of hydrogen-bond acceptors (Lipinski definition) is 4. The maximum absolute atomic E-state index is 12.7. The molecule has 0 aliphatic rings. The summed E-state index contributed by atoms with van der Waals surface area (Å²) in [5, 5.41) is 12.9. The van der Waals surface area contributed by atoms with E-state index in [0.29, 0.717) is 16.3 Å². The number of nitrogens with one attached hydrogen (secondary N) is 1. The Bertz CT molecular complexity index is 1230. The van der Waals surface area contributed by atoms with Crippen molar-refractivity contribution in [2.75, 3.05) is 11.9 Å². The number of nitrogens with zero attached hydrogens (tertiary/aromatic N) is 2. The van der Waals surface area contributed by atoms with Gasteiger partial charge in [0.15, 0.2) is 0 Å². The summed E-state index contributed by atoms with van der Waals surface area (Å²) in [5.74, 6) is -0.970. The number of esters is 1. The summed E-state index contributed by atoms with van der Waals surface area (Å²) >= 11 is 6.13. The number of hydrogen-bond donors (Lipinski definition) is 1. The highest BCUT2D eigenvalue weighted by molar-refractivity contribution is 6.30. The lowest BCUT2D eigenvalue weighted by molar-refractivity contribution is -0.112. The van der Waals surface area contributed by atoms with Gasteiger partial charge in [-0.3, -0.25) is 4.79 Å². The van der Waals surface area contributed by atoms with Crippen LogP contribution in [0.4, 0.5) is 5.69 Å². The van der Waals surface area contributed by atoms with E-state index in [0.717, 1.165) is 22.6 Å². The number of carbonyl (C=O) groups is 2. The summed E-state index contributed by atoms with van der Waals surface area (Å²) in [6.07, 6.45) is 1.56. The Hall–Kier alpha value is -3.82. The minimum atomic E-state index is -0.538. The number of aryl methyl sites for hydroxylation is 1. The van der Waals surface area contributed by atoms with Gasteiger partial charge >= 0.3 is 5.97 Å². The molecule has 1 N–H and O–H groups in total. The molecule has 0 radical (unpaired) electrons. The summed E-state index contributed by atoms with van der Waals surface area (Å²) in [4.78, 5) is 24.4. The van der Waals surface area contributed by atoms with Gasteiger partial charge in [-0.2, -0.15) is 5.26 Å². The molecule has 0 atom stereocenters. The molecule has 0 spiro atoms. The van der Waals surface area contributed by atoms with Crippen LogP contribution in [0.5, 0.6) is 0 Å². The van der Waals surface area contributed by atoms with Gasteiger partial charge in [-0.1, -0.05) is 17.7 Å². The van der Waals surface area contributed by atoms with Gasteiger partial charge in [-0.05, 0) is 80.9 Å². The molecule has 0 saturated heterocycles. The number of halogens is 1. The summed E-state index contributed by atoms with van der Waals surface area (Å²) in [5.41, 5.74) is 4.30. The Morgan fingerprint density at radius 1 is 1.16 bits per heavy atom. The van der Waals surface area contributed by atoms with Crippen LogP contribution >= 0.6 is 11.6 Å². The maximum Gasteiger partial charge on any atom is 0.338 e. The van der Waals surface area contributed by atoms with Gasteiger partial charge in [0.05, 0.1) is 12.2 Å². The minimum absolute atomic E-state index is 0.0363. The van der Waals surface area contributed by atoms with Crippen molar-refractivity contribution in [3.63, 3.8) is 0 Å². The molecule has 32 heavy (non-hydrogen) atoms. The zero-order valence-corrected chi connectivity index (χ0v) is 18.7. The standard InChI is InChI=1S/C25H22ClN3O3/c1-4-32-25(31)18-8-10-22(11-9-18)28-24(30)20(15-27)13-19-12-16(2)29(17(19)3)23-7-5-6-21(26)14-23/h5-14H,4H2,1-3H3,(H,28,30)/b20-13+. The highest BCUT2D eigenvalue weighted by Crippen LogP contribution is 2.25. The minimum Gasteiger partial charge on any atom is -0.462 e. The van der Waals surface area contributed by atoms with Crippen LogP contribution in [-0.4, -0.2) is 23.1 Å². The molecule has 3 rings (SSSR count). The van der Waals surface area contributed by atoms with Crippen LogP contribution in [0.3, 0.4) is 0 Å². The molecule has 7 heteroatoms. The molecule has 3 aromatic rings. The predicted molar refractivity (Wildman–Crippen MR) is 125 cm³/mol. The lowest BCUT2D eigenvalue weighted by Gasteiger charge is -2.10. The average Bonchev–Trinajstić information content (AvgIpc) is 3.05. The second-order valence-corrected chi connectivity index (χ2v) is 7.50. The lowest BCUT2D eigenvalue weighted by atomic mass is 10.1. The molecule has 6 nitrogen and oxygen atoms in total. The smallest absolute Gasteiger partial charge is 0.338 e. The van der Waals surface area contributed by atoms with Crippen LogP contribution in [0.15, 0.2) is 60.2 Å². The van der Waals surface area contributed by atoms with Crippen molar-refractivity contribution in [2.45, 2.75) is 20.8 Å². The van der Waals surface area contributed by atoms with Crippen LogP contribution in [0.2, 0.25) is 5.02 Å². The van der Waals surface area contributed by atoms with Crippen molar-refractivity contribution in [1.29, 1.82) is 5.26 Å². The fraction of sp³-hybridized carbons (Fsp3) is 0.160. The van der Waals surface area contributed by atoms with Gasteiger partial charge in [-0.25, -0.2) is 4.79 Å². The van der Waals surface area contributed by atoms with Crippen molar-refractivity contribution in [3.05, 3.63) is 87.7 Å². The molecule has 0 fully saturated rings. The number of nitriles is 1. The Labute approximate surface area is 191 Å². The topological polar surface area (TPSA) is 84.1 Å². The number of benzene rings is 2. The van der Waals surface area contributed by atoms with Crippen LogP contribution in [0.1, 0.15) is 34.2 Å². The number of rotatable bonds is 6. The SMILES string of the molecule is CCOC(=O)c1ccc(NC(=O)/C(C#N)=C/c2cc(C)n(-c3cccc(Cl)c3)c2C)cc1. The molecule has 1 heterocycles. The zero-order chi connectivity index (χ0) is 23.3. The largest absolute Gasteiger partial charge is 0.462 e. The van der Waals surface area contributed by atoms with E-state index >= 15 is 0 Å². The van der Waals surface area contributed by atoms with Crippen molar-refractivity contribution in [2.24, 2.45) is 0 Å². The van der Waals surface area contributed by atoms with E-state index in [1.54, 1.807) is 43.3 Å². The van der Waals surface area contributed by atoms with Gasteiger partial charge in [0.25, 0.3) is 5.91 Å². The molecule has 0 bridgehead atoms. The molecule has 0 unspecified atom stereocenters. The molecular weight excluding hydrogens is 426 g/mol. The number of aromatic nitrogens is 1. The van der Waals surface area contributed by atoms with Crippen molar-refractivity contribution in [1.82, 2.24) is 4.57 Å². The van der Waals surface area contributed by atoms with E-state index in [9.17, 15) is 14.9 Å². The molecule has 162 valence electrons. The third-order valence-electron chi connectivity index (χ3n) is 4.86. The normalized spacial score (nSPS) is 11.0. The second kappa shape index (κ2) is 9.99. The van der Waals surface area contributed by atoms with E-state index in [-0.39, 0.29) is 12.2 Å². The van der Waals surface area contributed by atoms with Crippen molar-refractivity contribution >= 4 is 35.2 Å². The first-order chi connectivity index (χ1) is 15.3. The van der Waals surface area contributed by atoms with Crippen LogP contribution in [-0.2, 0) is 9.53 Å². The van der Waals surface area contributed by atoms with Crippen LogP contribution in [0.25, 0.3) is 11.8 Å². The first kappa shape index (κ1) is 22.9. The predicted octanol–water partition coefficient (Wildman–Crippen LogP) is 5.47. The molecule has 0 saturated carbocycles. The third-order valence-corrected chi connectivity index (χ3v) is 5.09. The van der Waals surface area contributed by atoms with E-state index < -0.39 is 11.9 Å². The fourth-order valence-electron chi connectivity index (χ4n) is 3.35. The molecular formula is C25H22ClN3O3. The molecule has 1 amide bonds. The summed E-state index contributed by atoms with van der Waals surface area (Å²) in [7, 11) is 0. The highest BCUT2D eigenvalue weighted by Gasteiger charge is 2.15. The van der Waals surface area contributed by atoms with Crippen LogP contribution in [0, 0.1) is 25.2 Å². The summed E-state index contributed by atoms with van der Waals surface area (Å²) in [6.45, 7) is 5.88. The summed E-state index contributed by atoms with van der Waals surface area (Å²) in [6, 6.07) is 17.6. The Kier molecular flexibility index (Phi) is 7.14. The lowest BCUT2D eigenvalue weighted by Crippen LogP contribution is -2.13. The number of amides is 1. The zero-order valence-electron chi connectivity index (χ0n) is 18.0. The van der Waals surface area contributed by atoms with E-state index in [2.05, 4.69) is 5.32 Å². The average molecular weight is 448 g/mol. The molecule has 1 aromatic heterocycles. The molecule has 0 aliphatic carbocycles. The number of ether oxygens (including phenoxy) is 1. The Balaban J connectivity index is 1.83. The third kappa shape index (κ3) is 5.08. The van der Waals surface area contributed by atoms with Crippen molar-refractivity contribution < 1.29 is 14.3 Å². The first-order valence-corrected chi connectivity index (χ1v) is 10.4. The molecule has 0 aliphatic heterocycles. The van der Waals surface area contributed by atoms with E-state index in [1.807, 2.05) is 48.7 Å². The number of carbonyl (C=O) groups excluding carboxylic acids is 2. The van der Waals surface area contributed by atoms with Gasteiger partial charge in [0.1, 0.15) is 11.6 Å². The fourth-order valence-corrected chi connectivity index (χ4v) is 3.54. The van der Waals surface area contributed by atoms with Crippen LogP contribution < -0.4 is 5.32 Å². The monoisotopic (exact) mass is 447 g/mol.